The SMILES string of the molecule is CC(=O)N1CCN(c2cc(C(=O)N3CCCC(C)C3)nc(C)n2)CC1. The second kappa shape index (κ2) is 7.37. The maximum Gasteiger partial charge on any atom is 0.272 e. The van der Waals surface area contributed by atoms with Gasteiger partial charge >= 0.3 is 0 Å². The molecule has 0 bridgehead atoms. The summed E-state index contributed by atoms with van der Waals surface area (Å²) in [5.41, 5.74) is 0.477. The van der Waals surface area contributed by atoms with Crippen LogP contribution in [0.25, 0.3) is 0 Å². The molecule has 2 saturated heterocycles. The van der Waals surface area contributed by atoms with Crippen LogP contribution >= 0.6 is 0 Å². The zero-order chi connectivity index (χ0) is 18.0. The van der Waals surface area contributed by atoms with Crippen molar-refractivity contribution in [3.63, 3.8) is 0 Å². The molecule has 25 heavy (non-hydrogen) atoms. The molecule has 3 heterocycles. The van der Waals surface area contributed by atoms with Gasteiger partial charge in [-0.25, -0.2) is 9.97 Å². The van der Waals surface area contributed by atoms with Crippen molar-refractivity contribution in [1.82, 2.24) is 19.8 Å². The van der Waals surface area contributed by atoms with E-state index in [9.17, 15) is 9.59 Å². The van der Waals surface area contributed by atoms with E-state index in [0.29, 0.717) is 30.5 Å². The van der Waals surface area contributed by atoms with Crippen LogP contribution in [0.5, 0.6) is 0 Å². The van der Waals surface area contributed by atoms with Crippen molar-refractivity contribution >= 4 is 17.6 Å². The molecule has 1 aromatic heterocycles. The number of aromatic nitrogens is 2. The maximum absolute atomic E-state index is 12.8. The van der Waals surface area contributed by atoms with Crippen molar-refractivity contribution in [2.24, 2.45) is 5.92 Å². The Kier molecular flexibility index (Phi) is 5.20. The molecule has 7 heteroatoms. The number of amides is 2. The van der Waals surface area contributed by atoms with Gasteiger partial charge in [0.05, 0.1) is 0 Å². The maximum atomic E-state index is 12.8. The molecule has 0 aromatic carbocycles. The van der Waals surface area contributed by atoms with Gasteiger partial charge < -0.3 is 14.7 Å². The molecule has 0 saturated carbocycles. The molecule has 0 radical (unpaired) electrons. The second-order valence-corrected chi connectivity index (χ2v) is 7.15. The van der Waals surface area contributed by atoms with Gasteiger partial charge in [0.15, 0.2) is 0 Å². The number of carbonyl (C=O) groups is 2. The minimum Gasteiger partial charge on any atom is -0.353 e. The lowest BCUT2D eigenvalue weighted by Gasteiger charge is -2.35. The number of rotatable bonds is 2. The van der Waals surface area contributed by atoms with E-state index >= 15 is 0 Å². The Bertz CT molecular complexity index is 655. The third-order valence-corrected chi connectivity index (χ3v) is 5.04. The van der Waals surface area contributed by atoms with Crippen LogP contribution in [0, 0.1) is 12.8 Å². The summed E-state index contributed by atoms with van der Waals surface area (Å²) in [6.07, 6.45) is 2.23. The van der Waals surface area contributed by atoms with E-state index in [1.54, 1.807) is 13.0 Å². The van der Waals surface area contributed by atoms with Crippen molar-refractivity contribution in [2.75, 3.05) is 44.2 Å². The Hall–Kier alpha value is -2.18. The highest BCUT2D eigenvalue weighted by Gasteiger charge is 2.25. The molecular weight excluding hydrogens is 318 g/mol. The van der Waals surface area contributed by atoms with Crippen LogP contribution in [0.2, 0.25) is 0 Å². The monoisotopic (exact) mass is 345 g/mol. The van der Waals surface area contributed by atoms with E-state index < -0.39 is 0 Å². The zero-order valence-corrected chi connectivity index (χ0v) is 15.4. The van der Waals surface area contributed by atoms with Crippen molar-refractivity contribution < 1.29 is 9.59 Å². The minimum atomic E-state index is 0.000622. The van der Waals surface area contributed by atoms with Crippen LogP contribution in [-0.2, 0) is 4.79 Å². The van der Waals surface area contributed by atoms with Crippen LogP contribution in [-0.4, -0.2) is 70.9 Å². The third-order valence-electron chi connectivity index (χ3n) is 5.04. The molecule has 0 aliphatic carbocycles. The summed E-state index contributed by atoms with van der Waals surface area (Å²) in [6.45, 7) is 10.0. The number of carbonyl (C=O) groups excluding carboxylic acids is 2. The molecule has 2 aliphatic heterocycles. The zero-order valence-electron chi connectivity index (χ0n) is 15.4. The number of aryl methyl sites for hydroxylation is 1. The van der Waals surface area contributed by atoms with Crippen molar-refractivity contribution in [3.8, 4) is 0 Å². The molecule has 1 aromatic rings. The molecule has 2 aliphatic rings. The Labute approximate surface area is 149 Å². The van der Waals surface area contributed by atoms with Gasteiger partial charge in [-0.05, 0) is 25.7 Å². The summed E-state index contributed by atoms with van der Waals surface area (Å²) in [5.74, 6) is 2.04. The van der Waals surface area contributed by atoms with Crippen molar-refractivity contribution in [2.45, 2.75) is 33.6 Å². The lowest BCUT2D eigenvalue weighted by molar-refractivity contribution is -0.129. The first-order valence-electron chi connectivity index (χ1n) is 9.09. The fraction of sp³-hybridized carbons (Fsp3) is 0.667. The Morgan fingerprint density at radius 1 is 1.08 bits per heavy atom. The number of piperidine rings is 1. The standard InChI is InChI=1S/C18H27N5O2/c1-13-5-4-6-23(12-13)18(25)16-11-17(20-14(2)19-16)22-9-7-21(8-10-22)15(3)24/h11,13H,4-10,12H2,1-3H3. The van der Waals surface area contributed by atoms with Crippen molar-refractivity contribution in [3.05, 3.63) is 17.6 Å². The number of piperazine rings is 1. The predicted molar refractivity (Wildman–Crippen MR) is 95.5 cm³/mol. The predicted octanol–water partition coefficient (Wildman–Crippen LogP) is 1.33. The van der Waals surface area contributed by atoms with E-state index in [4.69, 9.17) is 0 Å². The lowest BCUT2D eigenvalue weighted by atomic mass is 10.00. The second-order valence-electron chi connectivity index (χ2n) is 7.15. The molecule has 0 spiro atoms. The molecule has 2 fully saturated rings. The number of anilines is 1. The third kappa shape index (κ3) is 4.08. The highest BCUT2D eigenvalue weighted by Crippen LogP contribution is 2.20. The molecular formula is C18H27N5O2. The van der Waals surface area contributed by atoms with Gasteiger partial charge in [0.25, 0.3) is 5.91 Å². The molecule has 7 nitrogen and oxygen atoms in total. The highest BCUT2D eigenvalue weighted by molar-refractivity contribution is 5.93. The number of hydrogen-bond donors (Lipinski definition) is 0. The first-order valence-corrected chi connectivity index (χ1v) is 9.09. The fourth-order valence-corrected chi connectivity index (χ4v) is 3.61. The smallest absolute Gasteiger partial charge is 0.272 e. The average molecular weight is 345 g/mol. The van der Waals surface area contributed by atoms with E-state index in [-0.39, 0.29) is 11.8 Å². The quantitative estimate of drug-likeness (QED) is 0.809. The summed E-state index contributed by atoms with van der Waals surface area (Å²) in [6, 6.07) is 1.80. The van der Waals surface area contributed by atoms with Gasteiger partial charge in [0, 0.05) is 52.3 Å². The van der Waals surface area contributed by atoms with E-state index in [0.717, 1.165) is 38.4 Å². The van der Waals surface area contributed by atoms with Crippen LogP contribution in [0.3, 0.4) is 0 Å². The van der Waals surface area contributed by atoms with Gasteiger partial charge in [-0.3, -0.25) is 9.59 Å². The Balaban J connectivity index is 1.74. The molecule has 3 rings (SSSR count). The summed E-state index contributed by atoms with van der Waals surface area (Å²) in [4.78, 5) is 39.1. The average Bonchev–Trinajstić information content (AvgIpc) is 2.60. The van der Waals surface area contributed by atoms with Crippen LogP contribution in [0.1, 0.15) is 43.0 Å². The van der Waals surface area contributed by atoms with E-state index in [1.807, 2.05) is 16.7 Å². The topological polar surface area (TPSA) is 69.6 Å². The van der Waals surface area contributed by atoms with Gasteiger partial charge in [0.2, 0.25) is 5.91 Å². The number of hydrogen-bond acceptors (Lipinski definition) is 5. The normalized spacial score (nSPS) is 21.4. The fourth-order valence-electron chi connectivity index (χ4n) is 3.61. The number of likely N-dealkylation sites (tertiary alicyclic amines) is 1. The Morgan fingerprint density at radius 2 is 1.80 bits per heavy atom. The molecule has 1 atom stereocenters. The van der Waals surface area contributed by atoms with E-state index in [1.165, 1.54) is 6.42 Å². The van der Waals surface area contributed by atoms with Gasteiger partial charge in [-0.1, -0.05) is 6.92 Å². The first kappa shape index (κ1) is 17.6. The van der Waals surface area contributed by atoms with Crippen LogP contribution in [0.15, 0.2) is 6.07 Å². The van der Waals surface area contributed by atoms with Crippen molar-refractivity contribution in [1.29, 1.82) is 0 Å². The van der Waals surface area contributed by atoms with Crippen LogP contribution < -0.4 is 4.90 Å². The molecule has 1 unspecified atom stereocenters. The first-order chi connectivity index (χ1) is 11.9. The molecule has 0 N–H and O–H groups in total. The lowest BCUT2D eigenvalue weighted by Crippen LogP contribution is -2.48. The van der Waals surface area contributed by atoms with E-state index in [2.05, 4.69) is 21.8 Å². The summed E-state index contributed by atoms with van der Waals surface area (Å²) < 4.78 is 0. The minimum absolute atomic E-state index is 0.000622. The molecule has 136 valence electrons. The summed E-state index contributed by atoms with van der Waals surface area (Å²) >= 11 is 0. The largest absolute Gasteiger partial charge is 0.353 e. The van der Waals surface area contributed by atoms with Crippen LogP contribution in [0.4, 0.5) is 5.82 Å². The summed E-state index contributed by atoms with van der Waals surface area (Å²) in [7, 11) is 0. The van der Waals surface area contributed by atoms with Gasteiger partial charge in [-0.15, -0.1) is 0 Å². The van der Waals surface area contributed by atoms with Gasteiger partial charge in [-0.2, -0.15) is 0 Å². The summed E-state index contributed by atoms with van der Waals surface area (Å²) in [5, 5.41) is 0. The molecule has 2 amide bonds. The number of nitrogens with zero attached hydrogens (tertiary/aromatic N) is 5. The highest BCUT2D eigenvalue weighted by atomic mass is 16.2. The Morgan fingerprint density at radius 3 is 2.44 bits per heavy atom. The van der Waals surface area contributed by atoms with Gasteiger partial charge in [0.1, 0.15) is 17.3 Å².